The van der Waals surface area contributed by atoms with Crippen molar-refractivity contribution in [3.05, 3.63) is 53.6 Å². The maximum atomic E-state index is 10.8. The number of carbonyl (C=O) groups excluding carboxylic acids is 1. The van der Waals surface area contributed by atoms with Gasteiger partial charge in [0.1, 0.15) is 23.9 Å². The Labute approximate surface area is 116 Å². The van der Waals surface area contributed by atoms with Gasteiger partial charge in [0.25, 0.3) is 0 Å². The van der Waals surface area contributed by atoms with E-state index >= 15 is 0 Å². The van der Waals surface area contributed by atoms with Crippen LogP contribution in [0, 0.1) is 0 Å². The maximum absolute atomic E-state index is 10.8. The van der Waals surface area contributed by atoms with Crippen LogP contribution in [0.3, 0.4) is 0 Å². The molecule has 0 heterocycles. The minimum atomic E-state index is -0.0146. The van der Waals surface area contributed by atoms with Crippen molar-refractivity contribution in [1.29, 1.82) is 0 Å². The Morgan fingerprint density at radius 2 is 1.74 bits per heavy atom. The molecule has 0 unspecified atom stereocenters. The third-order valence-electron chi connectivity index (χ3n) is 2.30. The van der Waals surface area contributed by atoms with Crippen molar-refractivity contribution in [3.63, 3.8) is 0 Å². The summed E-state index contributed by atoms with van der Waals surface area (Å²) in [6.45, 7) is 1.56. The van der Waals surface area contributed by atoms with Crippen molar-refractivity contribution >= 4 is 17.4 Å². The van der Waals surface area contributed by atoms with Gasteiger partial charge in [-0.1, -0.05) is 17.7 Å². The summed E-state index contributed by atoms with van der Waals surface area (Å²) in [5, 5.41) is 0.624. The van der Waals surface area contributed by atoms with Crippen LogP contribution in [0.4, 0.5) is 0 Å². The van der Waals surface area contributed by atoms with Crippen molar-refractivity contribution in [2.24, 2.45) is 0 Å². The lowest BCUT2D eigenvalue weighted by molar-refractivity contribution is -0.118. The van der Waals surface area contributed by atoms with Crippen LogP contribution in [0.15, 0.2) is 48.5 Å². The molecule has 0 N–H and O–H groups in total. The fourth-order valence-corrected chi connectivity index (χ4v) is 1.64. The van der Waals surface area contributed by atoms with E-state index in [1.165, 1.54) is 6.92 Å². The van der Waals surface area contributed by atoms with Crippen LogP contribution < -0.4 is 9.47 Å². The quantitative estimate of drug-likeness (QED) is 0.825. The first-order chi connectivity index (χ1) is 9.13. The van der Waals surface area contributed by atoms with Gasteiger partial charge in [0.05, 0.1) is 0 Å². The summed E-state index contributed by atoms with van der Waals surface area (Å²) in [4.78, 5) is 10.8. The van der Waals surface area contributed by atoms with Crippen LogP contribution in [0.5, 0.6) is 17.2 Å². The largest absolute Gasteiger partial charge is 0.486 e. The molecule has 0 spiro atoms. The molecule has 3 nitrogen and oxygen atoms in total. The zero-order valence-electron chi connectivity index (χ0n) is 10.4. The number of halogens is 1. The van der Waals surface area contributed by atoms with E-state index in [-0.39, 0.29) is 12.4 Å². The Morgan fingerprint density at radius 1 is 1.05 bits per heavy atom. The van der Waals surface area contributed by atoms with Crippen molar-refractivity contribution in [1.82, 2.24) is 0 Å². The van der Waals surface area contributed by atoms with Gasteiger partial charge in [-0.3, -0.25) is 4.79 Å². The van der Waals surface area contributed by atoms with Gasteiger partial charge in [0.2, 0.25) is 0 Å². The van der Waals surface area contributed by atoms with Gasteiger partial charge in [0, 0.05) is 5.02 Å². The topological polar surface area (TPSA) is 35.5 Å². The number of benzene rings is 2. The van der Waals surface area contributed by atoms with Gasteiger partial charge < -0.3 is 9.47 Å². The van der Waals surface area contributed by atoms with Crippen molar-refractivity contribution in [2.45, 2.75) is 6.92 Å². The van der Waals surface area contributed by atoms with Gasteiger partial charge in [-0.15, -0.1) is 0 Å². The minimum Gasteiger partial charge on any atom is -0.486 e. The maximum Gasteiger partial charge on any atom is 0.167 e. The lowest BCUT2D eigenvalue weighted by Crippen LogP contribution is -2.06. The Hall–Kier alpha value is -2.00. The summed E-state index contributed by atoms with van der Waals surface area (Å²) in [5.41, 5.74) is 0. The van der Waals surface area contributed by atoms with E-state index in [2.05, 4.69) is 0 Å². The van der Waals surface area contributed by atoms with Crippen LogP contribution in [0.1, 0.15) is 6.92 Å². The molecule has 2 aromatic carbocycles. The second-order valence-corrected chi connectivity index (χ2v) is 4.46. The highest BCUT2D eigenvalue weighted by Crippen LogP contribution is 2.25. The van der Waals surface area contributed by atoms with Gasteiger partial charge in [0.15, 0.2) is 5.78 Å². The molecule has 0 saturated heterocycles. The smallest absolute Gasteiger partial charge is 0.167 e. The van der Waals surface area contributed by atoms with Crippen LogP contribution in [0.25, 0.3) is 0 Å². The Balaban J connectivity index is 2.00. The van der Waals surface area contributed by atoms with Crippen LogP contribution in [-0.4, -0.2) is 12.4 Å². The Morgan fingerprint density at radius 3 is 2.37 bits per heavy atom. The van der Waals surface area contributed by atoms with Gasteiger partial charge >= 0.3 is 0 Å². The zero-order chi connectivity index (χ0) is 13.7. The van der Waals surface area contributed by atoms with Crippen molar-refractivity contribution < 1.29 is 14.3 Å². The predicted molar refractivity (Wildman–Crippen MR) is 74.1 cm³/mol. The zero-order valence-corrected chi connectivity index (χ0v) is 11.2. The third-order valence-corrected chi connectivity index (χ3v) is 2.53. The Kier molecular flexibility index (Phi) is 4.42. The molecule has 2 aromatic rings. The van der Waals surface area contributed by atoms with Crippen LogP contribution >= 0.6 is 11.6 Å². The first-order valence-electron chi connectivity index (χ1n) is 5.79. The van der Waals surface area contributed by atoms with E-state index in [1.54, 1.807) is 36.4 Å². The predicted octanol–water partition coefficient (Wildman–Crippen LogP) is 4.10. The molecule has 0 bridgehead atoms. The molecule has 4 heteroatoms. The number of hydrogen-bond donors (Lipinski definition) is 0. The van der Waals surface area contributed by atoms with Crippen molar-refractivity contribution in [3.8, 4) is 17.2 Å². The first kappa shape index (κ1) is 13.4. The number of carbonyl (C=O) groups is 1. The molecule has 0 atom stereocenters. The van der Waals surface area contributed by atoms with E-state index in [4.69, 9.17) is 21.1 Å². The summed E-state index contributed by atoms with van der Waals surface area (Å²) in [6.07, 6.45) is 0. The second-order valence-electron chi connectivity index (χ2n) is 4.02. The SMILES string of the molecule is CC(=O)COc1ccc(Oc2cccc(Cl)c2)cc1. The normalized spacial score (nSPS) is 10.0. The molecule has 0 radical (unpaired) electrons. The summed E-state index contributed by atoms with van der Waals surface area (Å²) in [6, 6.07) is 14.2. The summed E-state index contributed by atoms with van der Waals surface area (Å²) in [5.74, 6) is 1.97. The van der Waals surface area contributed by atoms with Gasteiger partial charge in [-0.25, -0.2) is 0 Å². The lowest BCUT2D eigenvalue weighted by atomic mass is 10.3. The summed E-state index contributed by atoms with van der Waals surface area (Å²) >= 11 is 5.88. The molecule has 0 fully saturated rings. The van der Waals surface area contributed by atoms with Crippen LogP contribution in [-0.2, 0) is 4.79 Å². The molecule has 0 aliphatic rings. The number of hydrogen-bond acceptors (Lipinski definition) is 3. The fourth-order valence-electron chi connectivity index (χ4n) is 1.46. The molecule has 19 heavy (non-hydrogen) atoms. The second kappa shape index (κ2) is 6.25. The number of ketones is 1. The number of Topliss-reactive ketones (excluding diaryl/α,β-unsaturated/α-hetero) is 1. The summed E-state index contributed by atoms with van der Waals surface area (Å²) < 4.78 is 10.9. The average Bonchev–Trinajstić information content (AvgIpc) is 2.38. The van der Waals surface area contributed by atoms with E-state index in [0.717, 1.165) is 0 Å². The van der Waals surface area contributed by atoms with Crippen molar-refractivity contribution in [2.75, 3.05) is 6.61 Å². The molecular weight excluding hydrogens is 264 g/mol. The molecule has 2 rings (SSSR count). The molecule has 0 aliphatic heterocycles. The van der Waals surface area contributed by atoms with E-state index in [0.29, 0.717) is 22.3 Å². The number of rotatable bonds is 5. The summed E-state index contributed by atoms with van der Waals surface area (Å²) in [7, 11) is 0. The van der Waals surface area contributed by atoms with Gasteiger partial charge in [-0.05, 0) is 49.4 Å². The molecule has 0 amide bonds. The first-order valence-corrected chi connectivity index (χ1v) is 6.17. The van der Waals surface area contributed by atoms with E-state index in [9.17, 15) is 4.79 Å². The molecular formula is C15H13ClO3. The molecule has 0 aliphatic carbocycles. The highest BCUT2D eigenvalue weighted by atomic mass is 35.5. The molecule has 0 saturated carbocycles. The molecule has 0 aromatic heterocycles. The Bertz CT molecular complexity index is 564. The highest BCUT2D eigenvalue weighted by molar-refractivity contribution is 6.30. The highest BCUT2D eigenvalue weighted by Gasteiger charge is 2.00. The minimum absolute atomic E-state index is 0.0146. The lowest BCUT2D eigenvalue weighted by Gasteiger charge is -2.07. The number of ether oxygens (including phenoxy) is 2. The third kappa shape index (κ3) is 4.30. The van der Waals surface area contributed by atoms with E-state index < -0.39 is 0 Å². The monoisotopic (exact) mass is 276 g/mol. The fraction of sp³-hybridized carbons (Fsp3) is 0.133. The average molecular weight is 277 g/mol. The van der Waals surface area contributed by atoms with Gasteiger partial charge in [-0.2, -0.15) is 0 Å². The molecule has 98 valence electrons. The van der Waals surface area contributed by atoms with Crippen LogP contribution in [0.2, 0.25) is 5.02 Å². The van der Waals surface area contributed by atoms with E-state index in [1.807, 2.05) is 12.1 Å². The standard InChI is InChI=1S/C15H13ClO3/c1-11(17)10-18-13-5-7-14(8-6-13)19-15-4-2-3-12(16)9-15/h2-9H,10H2,1H3.